The van der Waals surface area contributed by atoms with E-state index >= 15 is 0 Å². The molecule has 27 heavy (non-hydrogen) atoms. The Bertz CT molecular complexity index is 850. The number of carbonyl (C=O) groups excluding carboxylic acids is 2. The molecule has 6 nitrogen and oxygen atoms in total. The number of hydrogen-bond donors (Lipinski definition) is 1. The Kier molecular flexibility index (Phi) is 7.38. The van der Waals surface area contributed by atoms with E-state index in [4.69, 9.17) is 9.47 Å². The summed E-state index contributed by atoms with van der Waals surface area (Å²) in [6.07, 6.45) is 0.833. The molecule has 0 saturated carbocycles. The molecule has 1 N–H and O–H groups in total. The van der Waals surface area contributed by atoms with Crippen molar-refractivity contribution in [3.8, 4) is 11.8 Å². The van der Waals surface area contributed by atoms with Gasteiger partial charge in [-0.05, 0) is 50.5 Å². The monoisotopic (exact) mass is 386 g/mol. The van der Waals surface area contributed by atoms with Crippen LogP contribution in [0.1, 0.15) is 46.6 Å². The van der Waals surface area contributed by atoms with Crippen molar-refractivity contribution in [3.63, 3.8) is 0 Å². The van der Waals surface area contributed by atoms with Gasteiger partial charge >= 0.3 is 5.97 Å². The summed E-state index contributed by atoms with van der Waals surface area (Å²) < 4.78 is 10.4. The summed E-state index contributed by atoms with van der Waals surface area (Å²) in [5.41, 5.74) is 1.85. The number of ether oxygens (including phenoxy) is 2. The largest absolute Gasteiger partial charge is 0.494 e. The quantitative estimate of drug-likeness (QED) is 0.691. The zero-order valence-corrected chi connectivity index (χ0v) is 16.4. The van der Waals surface area contributed by atoms with E-state index in [9.17, 15) is 14.9 Å². The summed E-state index contributed by atoms with van der Waals surface area (Å²) in [6.45, 7) is 6.18. The van der Waals surface area contributed by atoms with Gasteiger partial charge in [0, 0.05) is 6.42 Å². The second-order valence-corrected chi connectivity index (χ2v) is 6.74. The van der Waals surface area contributed by atoms with Gasteiger partial charge in [0.05, 0.1) is 18.8 Å². The zero-order chi connectivity index (χ0) is 19.8. The molecule has 0 bridgehead atoms. The van der Waals surface area contributed by atoms with Crippen molar-refractivity contribution >= 4 is 28.2 Å². The Hall–Kier alpha value is -2.85. The van der Waals surface area contributed by atoms with Crippen molar-refractivity contribution in [3.05, 3.63) is 45.8 Å². The molecule has 0 unspecified atom stereocenters. The molecule has 0 aliphatic heterocycles. The number of amides is 1. The Balaban J connectivity index is 2.01. The van der Waals surface area contributed by atoms with Crippen LogP contribution in [0.3, 0.4) is 0 Å². The SMILES string of the molecule is CCOC(=O)c1sc(NC(=O)CCc2ccc(OCC)cc2)c(C#N)c1C. The number of carbonyl (C=O) groups is 2. The Morgan fingerprint density at radius 2 is 1.89 bits per heavy atom. The standard InChI is InChI=1S/C20H22N2O4S/c1-4-25-15-9-6-14(7-10-15)8-11-17(23)22-19-16(12-21)13(3)18(27-19)20(24)26-5-2/h6-7,9-10H,4-5,8,11H2,1-3H3,(H,22,23). The van der Waals surface area contributed by atoms with Gasteiger partial charge in [-0.1, -0.05) is 12.1 Å². The summed E-state index contributed by atoms with van der Waals surface area (Å²) in [5, 5.41) is 12.5. The third-order valence-corrected chi connectivity index (χ3v) is 5.03. The normalized spacial score (nSPS) is 10.1. The van der Waals surface area contributed by atoms with Crippen LogP contribution in [0.2, 0.25) is 0 Å². The van der Waals surface area contributed by atoms with Crippen LogP contribution in [-0.4, -0.2) is 25.1 Å². The summed E-state index contributed by atoms with van der Waals surface area (Å²) in [5.74, 6) is 0.105. The molecule has 2 aromatic rings. The lowest BCUT2D eigenvalue weighted by molar-refractivity contribution is -0.116. The predicted molar refractivity (Wildman–Crippen MR) is 104 cm³/mol. The van der Waals surface area contributed by atoms with Crippen molar-refractivity contribution in [2.45, 2.75) is 33.6 Å². The van der Waals surface area contributed by atoms with Gasteiger partial charge in [0.2, 0.25) is 5.91 Å². The highest BCUT2D eigenvalue weighted by atomic mass is 32.1. The predicted octanol–water partition coefficient (Wildman–Crippen LogP) is 4.07. The van der Waals surface area contributed by atoms with Crippen LogP contribution in [0.5, 0.6) is 5.75 Å². The smallest absolute Gasteiger partial charge is 0.348 e. The second kappa shape index (κ2) is 9.74. The van der Waals surface area contributed by atoms with Crippen LogP contribution in [0.4, 0.5) is 5.00 Å². The van der Waals surface area contributed by atoms with Gasteiger partial charge in [-0.2, -0.15) is 5.26 Å². The number of rotatable bonds is 8. The lowest BCUT2D eigenvalue weighted by Gasteiger charge is -2.06. The molecule has 0 radical (unpaired) electrons. The van der Waals surface area contributed by atoms with Gasteiger partial charge in [-0.3, -0.25) is 4.79 Å². The molecular weight excluding hydrogens is 364 g/mol. The molecular formula is C20H22N2O4S. The first-order valence-corrected chi connectivity index (χ1v) is 9.53. The fraction of sp³-hybridized carbons (Fsp3) is 0.350. The van der Waals surface area contributed by atoms with Crippen LogP contribution < -0.4 is 10.1 Å². The van der Waals surface area contributed by atoms with Crippen molar-refractivity contribution in [1.82, 2.24) is 0 Å². The molecule has 0 aliphatic rings. The summed E-state index contributed by atoms with van der Waals surface area (Å²) >= 11 is 1.07. The van der Waals surface area contributed by atoms with Gasteiger partial charge in [0.1, 0.15) is 21.7 Å². The molecule has 1 amide bonds. The van der Waals surface area contributed by atoms with E-state index in [1.807, 2.05) is 31.2 Å². The number of nitriles is 1. The fourth-order valence-electron chi connectivity index (χ4n) is 2.49. The van der Waals surface area contributed by atoms with Gasteiger partial charge in [0.25, 0.3) is 0 Å². The van der Waals surface area contributed by atoms with Gasteiger partial charge in [-0.25, -0.2) is 4.79 Å². The van der Waals surface area contributed by atoms with Crippen molar-refractivity contribution in [2.75, 3.05) is 18.5 Å². The van der Waals surface area contributed by atoms with E-state index in [1.165, 1.54) is 0 Å². The van der Waals surface area contributed by atoms with Crippen molar-refractivity contribution < 1.29 is 19.1 Å². The Morgan fingerprint density at radius 3 is 2.48 bits per heavy atom. The molecule has 7 heteroatoms. The van der Waals surface area contributed by atoms with E-state index in [2.05, 4.69) is 11.4 Å². The summed E-state index contributed by atoms with van der Waals surface area (Å²) in [6, 6.07) is 9.65. The topological polar surface area (TPSA) is 88.4 Å². The van der Waals surface area contributed by atoms with Crippen LogP contribution in [0, 0.1) is 18.3 Å². The van der Waals surface area contributed by atoms with E-state index in [-0.39, 0.29) is 18.9 Å². The molecule has 0 aliphatic carbocycles. The minimum atomic E-state index is -0.480. The first-order valence-electron chi connectivity index (χ1n) is 8.72. The highest BCUT2D eigenvalue weighted by Crippen LogP contribution is 2.33. The van der Waals surface area contributed by atoms with Crippen LogP contribution in [0.25, 0.3) is 0 Å². The first-order chi connectivity index (χ1) is 13.0. The first kappa shape index (κ1) is 20.5. The number of anilines is 1. The number of thiophene rings is 1. The Morgan fingerprint density at radius 1 is 1.19 bits per heavy atom. The van der Waals surface area contributed by atoms with Gasteiger partial charge < -0.3 is 14.8 Å². The molecule has 0 spiro atoms. The number of hydrogen-bond acceptors (Lipinski definition) is 6. The molecule has 1 heterocycles. The molecule has 1 aromatic heterocycles. The van der Waals surface area contributed by atoms with E-state index in [1.54, 1.807) is 13.8 Å². The minimum Gasteiger partial charge on any atom is -0.494 e. The van der Waals surface area contributed by atoms with Crippen LogP contribution in [-0.2, 0) is 16.0 Å². The zero-order valence-electron chi connectivity index (χ0n) is 15.6. The lowest BCUT2D eigenvalue weighted by Crippen LogP contribution is -2.12. The Labute approximate surface area is 162 Å². The number of nitrogens with one attached hydrogen (secondary N) is 1. The number of esters is 1. The average molecular weight is 386 g/mol. The maximum absolute atomic E-state index is 12.3. The van der Waals surface area contributed by atoms with Gasteiger partial charge in [-0.15, -0.1) is 11.3 Å². The summed E-state index contributed by atoms with van der Waals surface area (Å²) in [4.78, 5) is 24.6. The molecule has 142 valence electrons. The van der Waals surface area contributed by atoms with E-state index in [0.29, 0.717) is 34.0 Å². The molecule has 0 atom stereocenters. The van der Waals surface area contributed by atoms with Gasteiger partial charge in [0.15, 0.2) is 0 Å². The lowest BCUT2D eigenvalue weighted by atomic mass is 10.1. The number of benzene rings is 1. The molecule has 2 rings (SSSR count). The van der Waals surface area contributed by atoms with E-state index in [0.717, 1.165) is 22.6 Å². The third-order valence-electron chi connectivity index (χ3n) is 3.85. The summed E-state index contributed by atoms with van der Waals surface area (Å²) in [7, 11) is 0. The highest BCUT2D eigenvalue weighted by Gasteiger charge is 2.22. The fourth-order valence-corrected chi connectivity index (χ4v) is 3.56. The minimum absolute atomic E-state index is 0.211. The van der Waals surface area contributed by atoms with Crippen LogP contribution >= 0.6 is 11.3 Å². The molecule has 0 saturated heterocycles. The second-order valence-electron chi connectivity index (χ2n) is 5.72. The highest BCUT2D eigenvalue weighted by molar-refractivity contribution is 7.18. The molecule has 1 aromatic carbocycles. The maximum atomic E-state index is 12.3. The van der Waals surface area contributed by atoms with E-state index < -0.39 is 5.97 Å². The maximum Gasteiger partial charge on any atom is 0.348 e. The van der Waals surface area contributed by atoms with Crippen molar-refractivity contribution in [2.24, 2.45) is 0 Å². The number of aryl methyl sites for hydroxylation is 1. The number of nitrogens with zero attached hydrogens (tertiary/aromatic N) is 1. The van der Waals surface area contributed by atoms with Crippen LogP contribution in [0.15, 0.2) is 24.3 Å². The third kappa shape index (κ3) is 5.31. The molecule has 0 fully saturated rings. The van der Waals surface area contributed by atoms with Crippen molar-refractivity contribution in [1.29, 1.82) is 5.26 Å². The average Bonchev–Trinajstić information content (AvgIpc) is 2.97.